The summed E-state index contributed by atoms with van der Waals surface area (Å²) in [5.74, 6) is -7.83. The number of carbonyl (C=O) groups is 2. The number of nitrogens with zero attached hydrogens (tertiary/aromatic N) is 1. The first-order valence-electron chi connectivity index (χ1n) is 9.26. The van der Waals surface area contributed by atoms with Gasteiger partial charge in [-0.2, -0.15) is 17.6 Å². The summed E-state index contributed by atoms with van der Waals surface area (Å²) in [6.07, 6.45) is -7.74. The van der Waals surface area contributed by atoms with Crippen LogP contribution in [0.4, 0.5) is 27.6 Å². The van der Waals surface area contributed by atoms with Crippen LogP contribution in [-0.2, 0) is 9.53 Å². The highest BCUT2D eigenvalue weighted by atomic mass is 19.4. The number of methoxy groups -OCH3 is 1. The first-order valence-corrected chi connectivity index (χ1v) is 9.26. The second-order valence-electron chi connectivity index (χ2n) is 7.17. The molecule has 172 valence electrons. The monoisotopic (exact) mass is 459 g/mol. The predicted octanol–water partition coefficient (Wildman–Crippen LogP) is 3.16. The number of rotatable bonds is 5. The average Bonchev–Trinajstić information content (AvgIpc) is 3.07. The molecule has 0 spiro atoms. The molecule has 1 unspecified atom stereocenters. The fourth-order valence-electron chi connectivity index (χ4n) is 3.75. The smallest absolute Gasteiger partial charge is 0.414 e. The van der Waals surface area contributed by atoms with Gasteiger partial charge in [-0.05, 0) is 18.2 Å². The molecule has 2 amide bonds. The molecule has 1 fully saturated rings. The van der Waals surface area contributed by atoms with E-state index in [0.29, 0.717) is 0 Å². The number of pyridine rings is 1. The Hall–Kier alpha value is -3.28. The molecule has 1 saturated heterocycles. The lowest BCUT2D eigenvalue weighted by Crippen LogP contribution is -2.35. The normalized spacial score (nSPS) is 23.1. The van der Waals surface area contributed by atoms with E-state index in [1.807, 2.05) is 0 Å². The van der Waals surface area contributed by atoms with E-state index in [4.69, 9.17) is 15.2 Å². The van der Waals surface area contributed by atoms with E-state index >= 15 is 0 Å². The number of hydrogen-bond acceptors (Lipinski definition) is 5. The van der Waals surface area contributed by atoms with Gasteiger partial charge in [0.05, 0.1) is 7.11 Å². The van der Waals surface area contributed by atoms with Crippen LogP contribution in [-0.4, -0.2) is 42.3 Å². The molecule has 2 heterocycles. The van der Waals surface area contributed by atoms with Crippen molar-refractivity contribution in [3.8, 4) is 5.75 Å². The molecular weight excluding hydrogens is 441 g/mol. The van der Waals surface area contributed by atoms with Crippen LogP contribution in [0, 0.1) is 17.6 Å². The molecule has 7 nitrogen and oxygen atoms in total. The summed E-state index contributed by atoms with van der Waals surface area (Å²) in [5.41, 5.74) is 4.82. The van der Waals surface area contributed by atoms with Crippen molar-refractivity contribution in [2.75, 3.05) is 12.4 Å². The highest BCUT2D eigenvalue weighted by Gasteiger charge is 2.57. The summed E-state index contributed by atoms with van der Waals surface area (Å²) < 4.78 is 78.5. The second-order valence-corrected chi connectivity index (χ2v) is 7.17. The van der Waals surface area contributed by atoms with Gasteiger partial charge >= 0.3 is 6.18 Å². The summed E-state index contributed by atoms with van der Waals surface area (Å²) in [6.45, 7) is 1.19. The number of hydrogen-bond donors (Lipinski definition) is 2. The topological polar surface area (TPSA) is 104 Å². The first kappa shape index (κ1) is 23.4. The quantitative estimate of drug-likeness (QED) is 0.669. The molecule has 32 heavy (non-hydrogen) atoms. The number of alkyl halides is 3. The summed E-state index contributed by atoms with van der Waals surface area (Å²) >= 11 is 0. The minimum atomic E-state index is -4.83. The number of primary amides is 1. The number of carbonyl (C=O) groups excluding carboxylic acids is 2. The summed E-state index contributed by atoms with van der Waals surface area (Å²) in [6, 6.07) is 4.21. The zero-order chi connectivity index (χ0) is 23.8. The third kappa shape index (κ3) is 4.35. The van der Waals surface area contributed by atoms with Gasteiger partial charge in [-0.1, -0.05) is 13.0 Å². The summed E-state index contributed by atoms with van der Waals surface area (Å²) in [4.78, 5) is 27.9. The molecular formula is C20H18F5N3O4. The minimum Gasteiger partial charge on any atom is -0.493 e. The Morgan fingerprint density at radius 3 is 2.50 bits per heavy atom. The maximum Gasteiger partial charge on any atom is 0.414 e. The van der Waals surface area contributed by atoms with Gasteiger partial charge < -0.3 is 20.5 Å². The van der Waals surface area contributed by atoms with Crippen LogP contribution in [0.2, 0.25) is 0 Å². The Labute approximate surface area is 178 Å². The molecule has 0 bridgehead atoms. The van der Waals surface area contributed by atoms with Gasteiger partial charge in [0, 0.05) is 29.3 Å². The Morgan fingerprint density at radius 1 is 1.22 bits per heavy atom. The van der Waals surface area contributed by atoms with Crippen molar-refractivity contribution >= 4 is 17.5 Å². The van der Waals surface area contributed by atoms with E-state index < -0.39 is 59.4 Å². The number of amides is 2. The van der Waals surface area contributed by atoms with E-state index in [0.717, 1.165) is 25.3 Å². The summed E-state index contributed by atoms with van der Waals surface area (Å²) in [7, 11) is 1.03. The molecule has 1 aliphatic rings. The van der Waals surface area contributed by atoms with Crippen LogP contribution in [0.25, 0.3) is 0 Å². The van der Waals surface area contributed by atoms with E-state index in [-0.39, 0.29) is 16.9 Å². The number of nitrogens with two attached hydrogens (primary N) is 1. The van der Waals surface area contributed by atoms with E-state index in [2.05, 4.69) is 10.3 Å². The second kappa shape index (κ2) is 8.69. The molecule has 0 radical (unpaired) electrons. The van der Waals surface area contributed by atoms with Crippen molar-refractivity contribution in [3.05, 3.63) is 53.4 Å². The van der Waals surface area contributed by atoms with Crippen molar-refractivity contribution in [1.29, 1.82) is 0 Å². The van der Waals surface area contributed by atoms with E-state index in [1.165, 1.54) is 19.2 Å². The van der Waals surface area contributed by atoms with Crippen molar-refractivity contribution in [2.24, 2.45) is 11.7 Å². The van der Waals surface area contributed by atoms with Gasteiger partial charge in [-0.25, -0.2) is 4.39 Å². The average molecular weight is 459 g/mol. The maximum absolute atomic E-state index is 14.3. The lowest BCUT2D eigenvalue weighted by molar-refractivity contribution is -0.221. The lowest BCUT2D eigenvalue weighted by atomic mass is 9.81. The predicted molar refractivity (Wildman–Crippen MR) is 101 cm³/mol. The number of halogens is 5. The Balaban J connectivity index is 2.02. The fraction of sp³-hybridized carbons (Fsp3) is 0.350. The fourth-order valence-corrected chi connectivity index (χ4v) is 3.75. The molecule has 0 saturated carbocycles. The first-order chi connectivity index (χ1) is 15.0. The van der Waals surface area contributed by atoms with Crippen LogP contribution in [0.15, 0.2) is 30.5 Å². The maximum atomic E-state index is 14.3. The van der Waals surface area contributed by atoms with Gasteiger partial charge in [0.2, 0.25) is 5.82 Å². The zero-order valence-corrected chi connectivity index (χ0v) is 16.7. The molecule has 3 rings (SSSR count). The number of anilines is 1. The molecule has 1 aromatic heterocycles. The van der Waals surface area contributed by atoms with E-state index in [9.17, 15) is 31.5 Å². The lowest BCUT2D eigenvalue weighted by Gasteiger charge is -2.24. The van der Waals surface area contributed by atoms with Gasteiger partial charge in [0.25, 0.3) is 11.8 Å². The van der Waals surface area contributed by atoms with Gasteiger partial charge in [-0.15, -0.1) is 0 Å². The molecule has 3 N–H and O–H groups in total. The molecule has 1 aliphatic heterocycles. The number of benzene rings is 1. The molecule has 0 aliphatic carbocycles. The highest BCUT2D eigenvalue weighted by molar-refractivity contribution is 5.97. The number of nitrogens with one attached hydrogen (secondary N) is 1. The Bertz CT molecular complexity index is 1050. The summed E-state index contributed by atoms with van der Waals surface area (Å²) in [5, 5.41) is 2.35. The van der Waals surface area contributed by atoms with Crippen LogP contribution in [0.3, 0.4) is 0 Å². The Kier molecular flexibility index (Phi) is 6.35. The van der Waals surface area contributed by atoms with Gasteiger partial charge in [0.1, 0.15) is 11.8 Å². The molecule has 12 heteroatoms. The third-order valence-corrected chi connectivity index (χ3v) is 5.17. The van der Waals surface area contributed by atoms with Gasteiger partial charge in [-0.3, -0.25) is 14.6 Å². The van der Waals surface area contributed by atoms with Crippen molar-refractivity contribution < 1.29 is 41.0 Å². The molecule has 2 aromatic rings. The van der Waals surface area contributed by atoms with Crippen LogP contribution in [0.1, 0.15) is 28.9 Å². The van der Waals surface area contributed by atoms with Crippen LogP contribution >= 0.6 is 0 Å². The standard InChI is InChI=1S/C20H18F5N3O4/c1-8-13(10-3-4-11(21)14(22)15(10)31-2)16(32-17(8)20(23,24)25)19(30)28-9-5-6-27-12(7-9)18(26)29/h3-8,13,16-17H,1-2H3,(H2,26,29)(H,27,28,30)/t8-,13-,16?,17+/m0/s1. The number of aromatic nitrogens is 1. The zero-order valence-electron chi connectivity index (χ0n) is 16.7. The SMILES string of the molecule is COc1c([C@H]2C(C(=O)Nc3ccnc(C(N)=O)c3)O[C@@H](C(F)(F)F)[C@H]2C)ccc(F)c1F. The minimum absolute atomic E-state index is 0.0292. The largest absolute Gasteiger partial charge is 0.493 e. The van der Waals surface area contributed by atoms with Crippen molar-refractivity contribution in [1.82, 2.24) is 4.98 Å². The highest BCUT2D eigenvalue weighted by Crippen LogP contribution is 2.49. The van der Waals surface area contributed by atoms with E-state index in [1.54, 1.807) is 0 Å². The van der Waals surface area contributed by atoms with Crippen molar-refractivity contribution in [3.63, 3.8) is 0 Å². The van der Waals surface area contributed by atoms with Crippen LogP contribution < -0.4 is 15.8 Å². The third-order valence-electron chi connectivity index (χ3n) is 5.17. The number of ether oxygens (including phenoxy) is 2. The Morgan fingerprint density at radius 2 is 1.91 bits per heavy atom. The molecule has 1 aromatic carbocycles. The van der Waals surface area contributed by atoms with Crippen molar-refractivity contribution in [2.45, 2.75) is 31.2 Å². The molecule has 4 atom stereocenters. The van der Waals surface area contributed by atoms with Crippen LogP contribution in [0.5, 0.6) is 5.75 Å². The van der Waals surface area contributed by atoms with Gasteiger partial charge in [0.15, 0.2) is 17.7 Å².